The van der Waals surface area contributed by atoms with Crippen molar-refractivity contribution in [2.45, 2.75) is 38.6 Å². The SMILES string of the molecule is CCCNC(c1cccc2c1OCC2)C1CCOCC1. The maximum Gasteiger partial charge on any atom is 0.127 e. The number of rotatable bonds is 5. The van der Waals surface area contributed by atoms with E-state index in [1.54, 1.807) is 0 Å². The van der Waals surface area contributed by atoms with Crippen LogP contribution in [0.5, 0.6) is 5.75 Å². The van der Waals surface area contributed by atoms with Gasteiger partial charge in [-0.05, 0) is 37.3 Å². The van der Waals surface area contributed by atoms with Crippen LogP contribution < -0.4 is 10.1 Å². The summed E-state index contributed by atoms with van der Waals surface area (Å²) in [7, 11) is 0. The van der Waals surface area contributed by atoms with E-state index in [2.05, 4.69) is 30.4 Å². The second kappa shape index (κ2) is 6.59. The van der Waals surface area contributed by atoms with Gasteiger partial charge in [-0.1, -0.05) is 25.1 Å². The molecule has 1 saturated heterocycles. The number of hydrogen-bond donors (Lipinski definition) is 1. The molecule has 0 aromatic heterocycles. The predicted octanol–water partition coefficient (Wildman–Crippen LogP) is 3.09. The fraction of sp³-hybridized carbons (Fsp3) is 0.647. The van der Waals surface area contributed by atoms with Crippen LogP contribution in [0.2, 0.25) is 0 Å². The molecule has 2 aliphatic heterocycles. The van der Waals surface area contributed by atoms with Crippen LogP contribution in [-0.4, -0.2) is 26.4 Å². The Morgan fingerprint density at radius 3 is 2.90 bits per heavy atom. The monoisotopic (exact) mass is 275 g/mol. The Morgan fingerprint density at radius 2 is 2.10 bits per heavy atom. The Kier molecular flexibility index (Phi) is 4.58. The first-order valence-corrected chi connectivity index (χ1v) is 7.96. The number of ether oxygens (including phenoxy) is 2. The van der Waals surface area contributed by atoms with Crippen molar-refractivity contribution in [3.63, 3.8) is 0 Å². The highest BCUT2D eigenvalue weighted by Gasteiger charge is 2.29. The third-order valence-electron chi connectivity index (χ3n) is 4.43. The molecule has 0 spiro atoms. The van der Waals surface area contributed by atoms with Crippen LogP contribution in [-0.2, 0) is 11.2 Å². The second-order valence-electron chi connectivity index (χ2n) is 5.82. The van der Waals surface area contributed by atoms with Gasteiger partial charge in [-0.15, -0.1) is 0 Å². The van der Waals surface area contributed by atoms with Crippen LogP contribution in [0.15, 0.2) is 18.2 Å². The summed E-state index contributed by atoms with van der Waals surface area (Å²) >= 11 is 0. The largest absolute Gasteiger partial charge is 0.493 e. The molecule has 0 radical (unpaired) electrons. The molecule has 2 heterocycles. The Hall–Kier alpha value is -1.06. The molecule has 110 valence electrons. The van der Waals surface area contributed by atoms with E-state index in [1.165, 1.54) is 11.1 Å². The molecule has 1 N–H and O–H groups in total. The third kappa shape index (κ3) is 2.84. The van der Waals surface area contributed by atoms with Gasteiger partial charge in [0.25, 0.3) is 0 Å². The number of hydrogen-bond acceptors (Lipinski definition) is 3. The number of fused-ring (bicyclic) bond motifs is 1. The zero-order valence-corrected chi connectivity index (χ0v) is 12.4. The third-order valence-corrected chi connectivity index (χ3v) is 4.43. The zero-order valence-electron chi connectivity index (χ0n) is 12.4. The lowest BCUT2D eigenvalue weighted by Gasteiger charge is -2.32. The first kappa shape index (κ1) is 13.9. The normalized spacial score (nSPS) is 20.4. The van der Waals surface area contributed by atoms with Gasteiger partial charge in [0, 0.05) is 31.2 Å². The molecule has 20 heavy (non-hydrogen) atoms. The zero-order chi connectivity index (χ0) is 13.8. The average Bonchev–Trinajstić information content (AvgIpc) is 2.98. The highest BCUT2D eigenvalue weighted by Crippen LogP contribution is 2.39. The molecule has 3 heteroatoms. The van der Waals surface area contributed by atoms with Gasteiger partial charge in [-0.2, -0.15) is 0 Å². The van der Waals surface area contributed by atoms with Gasteiger partial charge in [0.05, 0.1) is 6.61 Å². The summed E-state index contributed by atoms with van der Waals surface area (Å²) in [6.45, 7) is 5.90. The van der Waals surface area contributed by atoms with E-state index in [1.807, 2.05) is 0 Å². The van der Waals surface area contributed by atoms with Gasteiger partial charge < -0.3 is 14.8 Å². The smallest absolute Gasteiger partial charge is 0.127 e. The van der Waals surface area contributed by atoms with Crippen LogP contribution >= 0.6 is 0 Å². The number of benzene rings is 1. The van der Waals surface area contributed by atoms with E-state index in [0.717, 1.165) is 57.8 Å². The first-order chi connectivity index (χ1) is 9.90. The summed E-state index contributed by atoms with van der Waals surface area (Å²) < 4.78 is 11.4. The molecule has 0 amide bonds. The molecule has 3 rings (SSSR count). The van der Waals surface area contributed by atoms with Crippen molar-refractivity contribution in [1.82, 2.24) is 5.32 Å². The maximum absolute atomic E-state index is 5.91. The number of nitrogens with one attached hydrogen (secondary N) is 1. The predicted molar refractivity (Wildman–Crippen MR) is 80.2 cm³/mol. The van der Waals surface area contributed by atoms with Gasteiger partial charge in [0.15, 0.2) is 0 Å². The van der Waals surface area contributed by atoms with Crippen molar-refractivity contribution in [2.75, 3.05) is 26.4 Å². The van der Waals surface area contributed by atoms with Gasteiger partial charge in [-0.25, -0.2) is 0 Å². The molecule has 3 nitrogen and oxygen atoms in total. The minimum absolute atomic E-state index is 0.409. The molecule has 1 unspecified atom stereocenters. The van der Waals surface area contributed by atoms with Crippen molar-refractivity contribution in [3.8, 4) is 5.75 Å². The lowest BCUT2D eigenvalue weighted by Crippen LogP contribution is -2.32. The van der Waals surface area contributed by atoms with Crippen molar-refractivity contribution in [2.24, 2.45) is 5.92 Å². The van der Waals surface area contributed by atoms with Crippen molar-refractivity contribution >= 4 is 0 Å². The van der Waals surface area contributed by atoms with Gasteiger partial charge in [0.2, 0.25) is 0 Å². The van der Waals surface area contributed by atoms with E-state index < -0.39 is 0 Å². The molecule has 0 aliphatic carbocycles. The fourth-order valence-corrected chi connectivity index (χ4v) is 3.37. The van der Waals surface area contributed by atoms with Gasteiger partial charge >= 0.3 is 0 Å². The van der Waals surface area contributed by atoms with Crippen LogP contribution in [0.3, 0.4) is 0 Å². The summed E-state index contributed by atoms with van der Waals surface area (Å²) in [5, 5.41) is 3.75. The molecular weight excluding hydrogens is 250 g/mol. The summed E-state index contributed by atoms with van der Waals surface area (Å²) in [6.07, 6.45) is 4.50. The van der Waals surface area contributed by atoms with Crippen LogP contribution in [0.25, 0.3) is 0 Å². The quantitative estimate of drug-likeness (QED) is 0.895. The summed E-state index contributed by atoms with van der Waals surface area (Å²) in [4.78, 5) is 0. The fourth-order valence-electron chi connectivity index (χ4n) is 3.37. The van der Waals surface area contributed by atoms with E-state index in [9.17, 15) is 0 Å². The summed E-state index contributed by atoms with van der Waals surface area (Å²) in [5.74, 6) is 1.80. The number of para-hydroxylation sites is 1. The Bertz CT molecular complexity index is 441. The highest BCUT2D eigenvalue weighted by molar-refractivity contribution is 5.46. The molecule has 0 bridgehead atoms. The van der Waals surface area contributed by atoms with Crippen LogP contribution in [0.4, 0.5) is 0 Å². The highest BCUT2D eigenvalue weighted by atomic mass is 16.5. The lowest BCUT2D eigenvalue weighted by atomic mass is 9.86. The molecule has 1 aromatic rings. The minimum atomic E-state index is 0.409. The molecule has 1 aromatic carbocycles. The standard InChI is InChI=1S/C17H25NO2/c1-2-9-18-16(13-6-10-19-11-7-13)15-5-3-4-14-8-12-20-17(14)15/h3-5,13,16,18H,2,6-12H2,1H3. The maximum atomic E-state index is 5.91. The molecule has 1 fully saturated rings. The van der Waals surface area contributed by atoms with Crippen LogP contribution in [0.1, 0.15) is 43.4 Å². The lowest BCUT2D eigenvalue weighted by molar-refractivity contribution is 0.0533. The Labute approximate surface area is 121 Å². The molecule has 2 aliphatic rings. The summed E-state index contributed by atoms with van der Waals surface area (Å²) in [6, 6.07) is 7.04. The van der Waals surface area contributed by atoms with Gasteiger partial charge in [0.1, 0.15) is 5.75 Å². The van der Waals surface area contributed by atoms with Crippen LogP contribution in [0, 0.1) is 5.92 Å². The Balaban J connectivity index is 1.86. The first-order valence-electron chi connectivity index (χ1n) is 7.96. The molecule has 1 atom stereocenters. The van der Waals surface area contributed by atoms with Gasteiger partial charge in [-0.3, -0.25) is 0 Å². The topological polar surface area (TPSA) is 30.5 Å². The van der Waals surface area contributed by atoms with Crippen molar-refractivity contribution in [3.05, 3.63) is 29.3 Å². The van der Waals surface area contributed by atoms with Crippen molar-refractivity contribution < 1.29 is 9.47 Å². The minimum Gasteiger partial charge on any atom is -0.493 e. The molecular formula is C17H25NO2. The average molecular weight is 275 g/mol. The Morgan fingerprint density at radius 1 is 1.25 bits per heavy atom. The van der Waals surface area contributed by atoms with Crippen molar-refractivity contribution in [1.29, 1.82) is 0 Å². The van der Waals surface area contributed by atoms with E-state index in [0.29, 0.717) is 12.0 Å². The molecule has 0 saturated carbocycles. The summed E-state index contributed by atoms with van der Waals surface area (Å²) in [5.41, 5.74) is 2.73. The second-order valence-corrected chi connectivity index (χ2v) is 5.82. The van der Waals surface area contributed by atoms with E-state index in [-0.39, 0.29) is 0 Å². The van der Waals surface area contributed by atoms with E-state index in [4.69, 9.17) is 9.47 Å². The van der Waals surface area contributed by atoms with E-state index >= 15 is 0 Å².